The van der Waals surface area contributed by atoms with Crippen molar-refractivity contribution in [3.63, 3.8) is 0 Å². The first-order valence-electron chi connectivity index (χ1n) is 4.35. The maximum absolute atomic E-state index is 3.62. The smallest absolute Gasteiger partial charge is 0.0850 e. The molecule has 12 heavy (non-hydrogen) atoms. The summed E-state index contributed by atoms with van der Waals surface area (Å²) in [7, 11) is 0. The first-order valence-corrected chi connectivity index (χ1v) is 4.35. The fraction of sp³-hybridized carbons (Fsp3) is 0.400. The number of allylic oxidation sites excluding steroid dienone is 3. The van der Waals surface area contributed by atoms with Crippen LogP contribution >= 0.6 is 0 Å². The monoisotopic (exact) mass is 166 g/mol. The molecule has 0 radical (unpaired) electrons. The van der Waals surface area contributed by atoms with Crippen LogP contribution in [-0.4, -0.2) is 6.67 Å². The van der Waals surface area contributed by atoms with Gasteiger partial charge >= 0.3 is 0 Å². The lowest BCUT2D eigenvalue weighted by atomic mass is 10.3. The van der Waals surface area contributed by atoms with Crippen molar-refractivity contribution in [3.05, 3.63) is 36.2 Å². The van der Waals surface area contributed by atoms with Crippen LogP contribution < -0.4 is 10.6 Å². The van der Waals surface area contributed by atoms with Crippen molar-refractivity contribution in [3.8, 4) is 0 Å². The van der Waals surface area contributed by atoms with Crippen molar-refractivity contribution in [2.24, 2.45) is 0 Å². The van der Waals surface area contributed by atoms with Gasteiger partial charge < -0.3 is 10.6 Å². The zero-order valence-corrected chi connectivity index (χ0v) is 8.15. The standard InChI is InChI=1S/C8H12N2.C2H6/c1-3-5-8-7(4-2)9-6-10-8;1-2/h3-5,9-10H,1,6H2,2H3;1-2H3/b7-4+,8-5+;. The van der Waals surface area contributed by atoms with Crippen LogP contribution in [0.1, 0.15) is 20.8 Å². The molecule has 1 rings (SSSR count). The Morgan fingerprint density at radius 1 is 1.25 bits per heavy atom. The Hall–Kier alpha value is -1.18. The van der Waals surface area contributed by atoms with E-state index in [4.69, 9.17) is 0 Å². The first kappa shape index (κ1) is 10.8. The van der Waals surface area contributed by atoms with Crippen molar-refractivity contribution in [1.82, 2.24) is 10.6 Å². The van der Waals surface area contributed by atoms with Crippen LogP contribution in [-0.2, 0) is 0 Å². The van der Waals surface area contributed by atoms with Crippen LogP contribution in [0.15, 0.2) is 36.2 Å². The van der Waals surface area contributed by atoms with Gasteiger partial charge in [0.25, 0.3) is 0 Å². The molecular weight excluding hydrogens is 148 g/mol. The van der Waals surface area contributed by atoms with Crippen molar-refractivity contribution in [2.45, 2.75) is 20.8 Å². The molecule has 0 saturated carbocycles. The molecular formula is C10H18N2. The molecule has 0 atom stereocenters. The Morgan fingerprint density at radius 2 is 1.83 bits per heavy atom. The van der Waals surface area contributed by atoms with Gasteiger partial charge in [0.05, 0.1) is 18.1 Å². The number of rotatable bonds is 1. The normalized spacial score (nSPS) is 20.9. The van der Waals surface area contributed by atoms with Gasteiger partial charge in [-0.15, -0.1) is 0 Å². The Balaban J connectivity index is 0.000000561. The van der Waals surface area contributed by atoms with Gasteiger partial charge in [-0.2, -0.15) is 0 Å². The molecule has 2 heteroatoms. The maximum atomic E-state index is 3.62. The minimum Gasteiger partial charge on any atom is -0.367 e. The van der Waals surface area contributed by atoms with E-state index in [1.165, 1.54) is 0 Å². The zero-order chi connectivity index (χ0) is 9.40. The van der Waals surface area contributed by atoms with E-state index in [9.17, 15) is 0 Å². The van der Waals surface area contributed by atoms with Gasteiger partial charge in [-0.05, 0) is 13.0 Å². The van der Waals surface area contributed by atoms with Crippen LogP contribution in [0.3, 0.4) is 0 Å². The van der Waals surface area contributed by atoms with Gasteiger partial charge in [-0.25, -0.2) is 0 Å². The molecule has 1 saturated heterocycles. The molecule has 2 N–H and O–H groups in total. The molecule has 0 spiro atoms. The van der Waals surface area contributed by atoms with Gasteiger partial charge in [0.2, 0.25) is 0 Å². The Morgan fingerprint density at radius 3 is 2.33 bits per heavy atom. The quantitative estimate of drug-likeness (QED) is 0.623. The van der Waals surface area contributed by atoms with E-state index in [2.05, 4.69) is 17.2 Å². The zero-order valence-electron chi connectivity index (χ0n) is 8.15. The minimum absolute atomic E-state index is 0.819. The lowest BCUT2D eigenvalue weighted by Crippen LogP contribution is -2.10. The number of hydrogen-bond acceptors (Lipinski definition) is 2. The lowest BCUT2D eigenvalue weighted by molar-refractivity contribution is 0.839. The van der Waals surface area contributed by atoms with E-state index >= 15 is 0 Å². The molecule has 1 heterocycles. The van der Waals surface area contributed by atoms with Crippen LogP contribution in [0.2, 0.25) is 0 Å². The summed E-state index contributed by atoms with van der Waals surface area (Å²) in [6, 6.07) is 0. The van der Waals surface area contributed by atoms with Gasteiger partial charge in [0.15, 0.2) is 0 Å². The minimum atomic E-state index is 0.819. The van der Waals surface area contributed by atoms with E-state index in [-0.39, 0.29) is 0 Å². The molecule has 0 unspecified atom stereocenters. The fourth-order valence-electron chi connectivity index (χ4n) is 0.949. The molecule has 0 aromatic rings. The second-order valence-corrected chi connectivity index (χ2v) is 2.05. The van der Waals surface area contributed by atoms with Crippen LogP contribution in [0.25, 0.3) is 0 Å². The van der Waals surface area contributed by atoms with E-state index < -0.39 is 0 Å². The molecule has 0 amide bonds. The van der Waals surface area contributed by atoms with E-state index in [1.54, 1.807) is 6.08 Å². The van der Waals surface area contributed by atoms with Crippen LogP contribution in [0.5, 0.6) is 0 Å². The molecule has 68 valence electrons. The summed E-state index contributed by atoms with van der Waals surface area (Å²) in [5.41, 5.74) is 2.28. The molecule has 1 fully saturated rings. The van der Waals surface area contributed by atoms with E-state index in [0.29, 0.717) is 0 Å². The van der Waals surface area contributed by atoms with Crippen molar-refractivity contribution in [1.29, 1.82) is 0 Å². The van der Waals surface area contributed by atoms with Crippen LogP contribution in [0, 0.1) is 0 Å². The summed E-state index contributed by atoms with van der Waals surface area (Å²) in [6.45, 7) is 10.4. The summed E-state index contributed by atoms with van der Waals surface area (Å²) in [5, 5.41) is 6.34. The third-order valence-electron chi connectivity index (χ3n) is 1.42. The van der Waals surface area contributed by atoms with Crippen molar-refractivity contribution < 1.29 is 0 Å². The predicted octanol–water partition coefficient (Wildman–Crippen LogP) is 2.14. The largest absolute Gasteiger partial charge is 0.367 e. The third-order valence-corrected chi connectivity index (χ3v) is 1.42. The van der Waals surface area contributed by atoms with Crippen molar-refractivity contribution in [2.75, 3.05) is 6.67 Å². The first-order chi connectivity index (χ1) is 5.88. The topological polar surface area (TPSA) is 24.1 Å². The molecule has 2 nitrogen and oxygen atoms in total. The molecule has 0 aromatic heterocycles. The average molecular weight is 166 g/mol. The number of hydrogen-bond donors (Lipinski definition) is 2. The summed E-state index contributed by atoms with van der Waals surface area (Å²) in [4.78, 5) is 0. The highest BCUT2D eigenvalue weighted by Gasteiger charge is 2.07. The lowest BCUT2D eigenvalue weighted by Gasteiger charge is -1.95. The van der Waals surface area contributed by atoms with E-state index in [0.717, 1.165) is 18.1 Å². The highest BCUT2D eigenvalue weighted by atomic mass is 15.2. The average Bonchev–Trinajstić information content (AvgIpc) is 2.56. The summed E-state index contributed by atoms with van der Waals surface area (Å²) in [6.07, 6.45) is 5.77. The van der Waals surface area contributed by atoms with Gasteiger partial charge in [0, 0.05) is 0 Å². The summed E-state index contributed by atoms with van der Waals surface area (Å²) in [5.74, 6) is 0. The molecule has 0 aliphatic carbocycles. The van der Waals surface area contributed by atoms with Gasteiger partial charge in [-0.1, -0.05) is 32.6 Å². The predicted molar refractivity (Wildman–Crippen MR) is 54.5 cm³/mol. The Kier molecular flexibility index (Phi) is 5.88. The highest BCUT2D eigenvalue weighted by molar-refractivity contribution is 5.33. The second kappa shape index (κ2) is 6.53. The molecule has 1 aliphatic heterocycles. The highest BCUT2D eigenvalue weighted by Crippen LogP contribution is 2.06. The fourth-order valence-corrected chi connectivity index (χ4v) is 0.949. The van der Waals surface area contributed by atoms with Gasteiger partial charge in [0.1, 0.15) is 0 Å². The molecule has 1 aliphatic rings. The maximum Gasteiger partial charge on any atom is 0.0850 e. The third kappa shape index (κ3) is 2.82. The van der Waals surface area contributed by atoms with E-state index in [1.807, 2.05) is 32.9 Å². The van der Waals surface area contributed by atoms with Crippen LogP contribution in [0.4, 0.5) is 0 Å². The molecule has 0 bridgehead atoms. The SMILES string of the molecule is C=C/C=C1/NCN/C1=C/C.CC. The van der Waals surface area contributed by atoms with Gasteiger partial charge in [-0.3, -0.25) is 0 Å². The number of nitrogens with one attached hydrogen (secondary N) is 2. The van der Waals surface area contributed by atoms with Crippen molar-refractivity contribution >= 4 is 0 Å². The summed E-state index contributed by atoms with van der Waals surface area (Å²) < 4.78 is 0. The summed E-state index contributed by atoms with van der Waals surface area (Å²) >= 11 is 0. The Bertz CT molecular complexity index is 190. The Labute approximate surface area is 75.1 Å². The second-order valence-electron chi connectivity index (χ2n) is 2.05. The molecule has 0 aromatic carbocycles.